The number of hydrazone groups is 1. The number of rotatable bonds is 4. The van der Waals surface area contributed by atoms with Gasteiger partial charge < -0.3 is 16.5 Å². The summed E-state index contributed by atoms with van der Waals surface area (Å²) in [4.78, 5) is 4.74. The van der Waals surface area contributed by atoms with Crippen molar-refractivity contribution < 1.29 is 4.39 Å². The van der Waals surface area contributed by atoms with E-state index >= 15 is 0 Å². The molecule has 29 heavy (non-hydrogen) atoms. The Bertz CT molecular complexity index is 993. The molecule has 1 atom stereocenters. The average molecular weight is 391 g/mol. The fourth-order valence-electron chi connectivity index (χ4n) is 3.98. The number of aliphatic imine (C=N–C) groups is 1. The Labute approximate surface area is 170 Å². The number of nitrogens with one attached hydrogen (secondary N) is 2. The van der Waals surface area contributed by atoms with Crippen LogP contribution in [0.4, 0.5) is 10.1 Å². The summed E-state index contributed by atoms with van der Waals surface area (Å²) >= 11 is 0. The standard InChI is InChI=1S/C23H26FN5/c1-15(29-25)23-18-7-6-17(16-8-11-26-12-9-16)14-19(18)21(10-13-27-23)28-22-5-3-2-4-20(22)24/h2-8,14,21,26,28H,9-13,25H2,1H3. The van der Waals surface area contributed by atoms with Gasteiger partial charge in [0.1, 0.15) is 5.82 Å². The maximum atomic E-state index is 14.3. The molecule has 1 unspecified atom stereocenters. The molecule has 2 aromatic rings. The first kappa shape index (κ1) is 19.3. The molecule has 2 aromatic carbocycles. The molecule has 0 bridgehead atoms. The maximum absolute atomic E-state index is 14.3. The summed E-state index contributed by atoms with van der Waals surface area (Å²) in [7, 11) is 0. The normalized spacial score (nSPS) is 19.7. The lowest BCUT2D eigenvalue weighted by Gasteiger charge is -2.23. The molecule has 0 saturated heterocycles. The summed E-state index contributed by atoms with van der Waals surface area (Å²) in [5, 5.41) is 10.6. The monoisotopic (exact) mass is 391 g/mol. The Morgan fingerprint density at radius 2 is 2.14 bits per heavy atom. The molecule has 5 nitrogen and oxygen atoms in total. The van der Waals surface area contributed by atoms with Gasteiger partial charge >= 0.3 is 0 Å². The van der Waals surface area contributed by atoms with Crippen molar-refractivity contribution in [3.05, 3.63) is 71.0 Å². The van der Waals surface area contributed by atoms with Crippen LogP contribution in [-0.4, -0.2) is 31.1 Å². The van der Waals surface area contributed by atoms with Crippen LogP contribution in [0.1, 0.15) is 42.5 Å². The van der Waals surface area contributed by atoms with Gasteiger partial charge in [0.15, 0.2) is 0 Å². The van der Waals surface area contributed by atoms with Crippen LogP contribution in [-0.2, 0) is 0 Å². The van der Waals surface area contributed by atoms with Crippen molar-refractivity contribution >= 4 is 22.7 Å². The number of fused-ring (bicyclic) bond motifs is 1. The largest absolute Gasteiger partial charge is 0.376 e. The second-order valence-electron chi connectivity index (χ2n) is 7.40. The van der Waals surface area contributed by atoms with E-state index in [1.165, 1.54) is 17.2 Å². The van der Waals surface area contributed by atoms with Gasteiger partial charge in [-0.2, -0.15) is 5.10 Å². The molecular formula is C23H26FN5. The van der Waals surface area contributed by atoms with Crippen LogP contribution in [0.5, 0.6) is 0 Å². The first-order valence-corrected chi connectivity index (χ1v) is 10.0. The molecular weight excluding hydrogens is 365 g/mol. The number of hydrogen-bond donors (Lipinski definition) is 3. The molecule has 0 aliphatic carbocycles. The predicted octanol–water partition coefficient (Wildman–Crippen LogP) is 3.88. The number of para-hydroxylation sites is 1. The van der Waals surface area contributed by atoms with E-state index in [-0.39, 0.29) is 11.9 Å². The highest BCUT2D eigenvalue weighted by Gasteiger charge is 2.24. The number of nitrogens with two attached hydrogens (primary N) is 1. The fraction of sp³-hybridized carbons (Fsp3) is 0.304. The second kappa shape index (κ2) is 8.57. The Balaban J connectivity index is 1.78. The van der Waals surface area contributed by atoms with Gasteiger partial charge in [0.2, 0.25) is 0 Å². The minimum Gasteiger partial charge on any atom is -0.376 e. The third kappa shape index (κ3) is 4.07. The molecule has 4 N–H and O–H groups in total. The van der Waals surface area contributed by atoms with Crippen LogP contribution in [0.2, 0.25) is 0 Å². The molecule has 0 fully saturated rings. The molecule has 0 radical (unpaired) electrons. The molecule has 0 aromatic heterocycles. The van der Waals surface area contributed by atoms with Crippen LogP contribution in [0.25, 0.3) is 5.57 Å². The molecule has 6 heteroatoms. The van der Waals surface area contributed by atoms with Gasteiger partial charge in [0.25, 0.3) is 0 Å². The summed E-state index contributed by atoms with van der Waals surface area (Å²) in [6.07, 6.45) is 3.99. The van der Waals surface area contributed by atoms with E-state index in [0.717, 1.165) is 42.8 Å². The Hall–Kier alpha value is -2.99. The zero-order valence-electron chi connectivity index (χ0n) is 16.6. The molecule has 150 valence electrons. The smallest absolute Gasteiger partial charge is 0.146 e. The highest BCUT2D eigenvalue weighted by Crippen LogP contribution is 2.33. The van der Waals surface area contributed by atoms with Crippen LogP contribution in [0.3, 0.4) is 0 Å². The van der Waals surface area contributed by atoms with Gasteiger partial charge in [-0.1, -0.05) is 30.3 Å². The van der Waals surface area contributed by atoms with Crippen LogP contribution in [0, 0.1) is 5.82 Å². The van der Waals surface area contributed by atoms with E-state index in [4.69, 9.17) is 10.8 Å². The Kier molecular flexibility index (Phi) is 5.71. The first-order valence-electron chi connectivity index (χ1n) is 10.0. The molecule has 0 amide bonds. The molecule has 2 aliphatic rings. The first-order chi connectivity index (χ1) is 14.2. The summed E-state index contributed by atoms with van der Waals surface area (Å²) < 4.78 is 14.3. The maximum Gasteiger partial charge on any atom is 0.146 e. The van der Waals surface area contributed by atoms with Crippen molar-refractivity contribution in [2.24, 2.45) is 15.9 Å². The summed E-state index contributed by atoms with van der Waals surface area (Å²) in [5.74, 6) is 5.31. The van der Waals surface area contributed by atoms with Crippen LogP contribution in [0.15, 0.2) is 58.6 Å². The molecule has 0 saturated carbocycles. The number of nitrogens with zero attached hydrogens (tertiary/aromatic N) is 2. The lowest BCUT2D eigenvalue weighted by atomic mass is 9.89. The van der Waals surface area contributed by atoms with Crippen molar-refractivity contribution in [2.45, 2.75) is 25.8 Å². The van der Waals surface area contributed by atoms with Gasteiger partial charge in [-0.25, -0.2) is 4.39 Å². The van der Waals surface area contributed by atoms with Crippen molar-refractivity contribution in [3.63, 3.8) is 0 Å². The topological polar surface area (TPSA) is 74.8 Å². The second-order valence-corrected chi connectivity index (χ2v) is 7.40. The summed E-state index contributed by atoms with van der Waals surface area (Å²) in [6.45, 7) is 4.35. The number of anilines is 1. The van der Waals surface area contributed by atoms with Crippen LogP contribution >= 0.6 is 0 Å². The molecule has 2 aliphatic heterocycles. The number of benzene rings is 2. The van der Waals surface area contributed by atoms with E-state index in [0.29, 0.717) is 17.9 Å². The highest BCUT2D eigenvalue weighted by atomic mass is 19.1. The molecule has 4 rings (SSSR count). The van der Waals surface area contributed by atoms with E-state index < -0.39 is 0 Å². The number of halogens is 1. The zero-order valence-corrected chi connectivity index (χ0v) is 16.6. The van der Waals surface area contributed by atoms with E-state index in [9.17, 15) is 4.39 Å². The molecule has 2 heterocycles. The third-order valence-corrected chi connectivity index (χ3v) is 5.54. The van der Waals surface area contributed by atoms with Gasteiger partial charge in [-0.15, -0.1) is 0 Å². The van der Waals surface area contributed by atoms with Gasteiger partial charge in [-0.3, -0.25) is 4.99 Å². The van der Waals surface area contributed by atoms with Crippen molar-refractivity contribution in [1.82, 2.24) is 5.32 Å². The zero-order chi connectivity index (χ0) is 20.2. The van der Waals surface area contributed by atoms with Gasteiger partial charge in [0.05, 0.1) is 23.2 Å². The SMILES string of the molecule is CC(=NN)C1=NCCC(Nc2ccccc2F)c2cc(C3=CCNCC3)ccc21. The average Bonchev–Trinajstić information content (AvgIpc) is 2.94. The van der Waals surface area contributed by atoms with Crippen LogP contribution < -0.4 is 16.5 Å². The minimum atomic E-state index is -0.253. The third-order valence-electron chi connectivity index (χ3n) is 5.54. The van der Waals surface area contributed by atoms with Gasteiger partial charge in [0, 0.05) is 18.7 Å². The minimum absolute atomic E-state index is 0.0593. The highest BCUT2D eigenvalue weighted by molar-refractivity contribution is 6.48. The van der Waals surface area contributed by atoms with Crippen molar-refractivity contribution in [2.75, 3.05) is 25.0 Å². The van der Waals surface area contributed by atoms with Gasteiger partial charge in [-0.05, 0) is 61.2 Å². The van der Waals surface area contributed by atoms with E-state index in [1.54, 1.807) is 12.1 Å². The van der Waals surface area contributed by atoms with Crippen molar-refractivity contribution in [1.29, 1.82) is 0 Å². The molecule has 0 spiro atoms. The van der Waals surface area contributed by atoms with E-state index in [2.05, 4.69) is 40.0 Å². The Morgan fingerprint density at radius 3 is 2.90 bits per heavy atom. The van der Waals surface area contributed by atoms with Crippen molar-refractivity contribution in [3.8, 4) is 0 Å². The fourth-order valence-corrected chi connectivity index (χ4v) is 3.98. The lowest BCUT2D eigenvalue weighted by Crippen LogP contribution is -2.21. The number of hydrogen-bond acceptors (Lipinski definition) is 5. The Morgan fingerprint density at radius 1 is 1.28 bits per heavy atom. The quantitative estimate of drug-likeness (QED) is 0.421. The summed E-state index contributed by atoms with van der Waals surface area (Å²) in [5.41, 5.74) is 6.66. The summed E-state index contributed by atoms with van der Waals surface area (Å²) in [6, 6.07) is 13.2. The van der Waals surface area contributed by atoms with E-state index in [1.807, 2.05) is 13.0 Å². The lowest BCUT2D eigenvalue weighted by molar-refractivity contribution is 0.622. The predicted molar refractivity (Wildman–Crippen MR) is 118 cm³/mol.